The van der Waals surface area contributed by atoms with Gasteiger partial charge in [-0.15, -0.1) is 0 Å². The molecule has 1 aliphatic heterocycles. The van der Waals surface area contributed by atoms with Gasteiger partial charge in [0.2, 0.25) is 0 Å². The van der Waals surface area contributed by atoms with Gasteiger partial charge in [-0.05, 0) is 23.8 Å². The summed E-state index contributed by atoms with van der Waals surface area (Å²) in [5.74, 6) is 0. The zero-order valence-electron chi connectivity index (χ0n) is 10.3. The Labute approximate surface area is 121 Å². The van der Waals surface area contributed by atoms with E-state index in [-0.39, 0.29) is 0 Å². The van der Waals surface area contributed by atoms with Gasteiger partial charge in [-0.1, -0.05) is 17.7 Å². The van der Waals surface area contributed by atoms with Crippen LogP contribution in [0.3, 0.4) is 0 Å². The van der Waals surface area contributed by atoms with Crippen molar-refractivity contribution in [3.63, 3.8) is 0 Å². The third kappa shape index (κ3) is 3.00. The lowest BCUT2D eigenvalue weighted by Gasteiger charge is -2.28. The fraction of sp³-hybridized carbons (Fsp3) is 0.308. The normalized spacial score (nSPS) is 15.2. The van der Waals surface area contributed by atoms with E-state index in [1.807, 2.05) is 24.5 Å². The first kappa shape index (κ1) is 12.7. The molecule has 0 fully saturated rings. The largest absolute Gasteiger partial charge is 0.334 e. The van der Waals surface area contributed by atoms with E-state index in [1.54, 1.807) is 0 Å². The molecule has 1 N–H and O–H groups in total. The second-order valence-corrected chi connectivity index (χ2v) is 5.42. The van der Waals surface area contributed by atoms with Gasteiger partial charge in [0, 0.05) is 49.7 Å². The van der Waals surface area contributed by atoms with E-state index in [1.165, 1.54) is 16.8 Å². The van der Waals surface area contributed by atoms with Gasteiger partial charge in [-0.2, -0.15) is 0 Å². The minimum atomic E-state index is 0.532. The highest BCUT2D eigenvalue weighted by Crippen LogP contribution is 2.18. The zero-order valence-corrected chi connectivity index (χ0v) is 11.8. The van der Waals surface area contributed by atoms with Crippen LogP contribution in [-0.4, -0.2) is 26.4 Å². The lowest BCUT2D eigenvalue weighted by Crippen LogP contribution is -2.30. The molecule has 0 spiro atoms. The number of fused-ring (bicyclic) bond motifs is 1. The number of hydrogen-bond acceptors (Lipinski definition) is 4. The Morgan fingerprint density at radius 1 is 1.32 bits per heavy atom. The lowest BCUT2D eigenvalue weighted by atomic mass is 10.1. The smallest absolute Gasteiger partial charge is 0.196 e. The molecule has 0 amide bonds. The van der Waals surface area contributed by atoms with Gasteiger partial charge < -0.3 is 4.98 Å². The summed E-state index contributed by atoms with van der Waals surface area (Å²) in [6, 6.07) is 3.84. The molecule has 0 saturated heterocycles. The Bertz CT molecular complexity index is 638. The molecule has 0 radical (unpaired) electrons. The van der Waals surface area contributed by atoms with Crippen molar-refractivity contribution in [2.75, 3.05) is 6.54 Å². The van der Waals surface area contributed by atoms with Crippen molar-refractivity contribution < 1.29 is 0 Å². The number of hydrogen-bond donors (Lipinski definition) is 1. The topological polar surface area (TPSA) is 44.8 Å². The molecule has 0 bridgehead atoms. The van der Waals surface area contributed by atoms with Crippen LogP contribution in [0, 0.1) is 4.77 Å². The Morgan fingerprint density at radius 2 is 2.21 bits per heavy atom. The predicted molar refractivity (Wildman–Crippen MR) is 76.5 cm³/mol. The average Bonchev–Trinajstić information content (AvgIpc) is 2.42. The van der Waals surface area contributed by atoms with E-state index in [9.17, 15) is 0 Å². The number of nitrogens with one attached hydrogen (secondary N) is 1. The van der Waals surface area contributed by atoms with Gasteiger partial charge in [0.1, 0.15) is 5.15 Å². The number of H-pyrrole nitrogens is 1. The van der Waals surface area contributed by atoms with E-state index in [0.29, 0.717) is 9.92 Å². The Morgan fingerprint density at radius 3 is 3.00 bits per heavy atom. The summed E-state index contributed by atoms with van der Waals surface area (Å²) in [7, 11) is 0. The summed E-state index contributed by atoms with van der Waals surface area (Å²) in [6.07, 6.45) is 4.68. The maximum absolute atomic E-state index is 5.79. The number of halogens is 1. The minimum Gasteiger partial charge on any atom is -0.334 e. The first-order valence-electron chi connectivity index (χ1n) is 6.10. The lowest BCUT2D eigenvalue weighted by molar-refractivity contribution is 0.242. The molecule has 0 saturated carbocycles. The fourth-order valence-corrected chi connectivity index (χ4v) is 2.59. The van der Waals surface area contributed by atoms with E-state index in [0.717, 1.165) is 26.1 Å². The fourth-order valence-electron chi connectivity index (χ4n) is 2.30. The van der Waals surface area contributed by atoms with Crippen molar-refractivity contribution in [3.8, 4) is 0 Å². The third-order valence-electron chi connectivity index (χ3n) is 3.25. The number of pyridine rings is 1. The Balaban J connectivity index is 1.73. The molecule has 2 aromatic heterocycles. The van der Waals surface area contributed by atoms with E-state index >= 15 is 0 Å². The summed E-state index contributed by atoms with van der Waals surface area (Å²) in [6.45, 7) is 2.77. The van der Waals surface area contributed by atoms with Crippen molar-refractivity contribution in [3.05, 3.63) is 51.3 Å². The van der Waals surface area contributed by atoms with Crippen LogP contribution in [0.25, 0.3) is 0 Å². The van der Waals surface area contributed by atoms with Gasteiger partial charge in [0.15, 0.2) is 4.77 Å². The minimum absolute atomic E-state index is 0.532. The number of rotatable bonds is 2. The molecule has 4 nitrogen and oxygen atoms in total. The molecule has 0 atom stereocenters. The Kier molecular flexibility index (Phi) is 3.59. The summed E-state index contributed by atoms with van der Waals surface area (Å²) >= 11 is 10.8. The van der Waals surface area contributed by atoms with Gasteiger partial charge in [0.25, 0.3) is 0 Å². The van der Waals surface area contributed by atoms with Crippen LogP contribution in [0.15, 0.2) is 24.5 Å². The number of aromatic amines is 1. The maximum atomic E-state index is 5.79. The molecule has 2 aromatic rings. The number of aromatic nitrogens is 3. The highest BCUT2D eigenvalue weighted by atomic mass is 35.5. The molecule has 3 heterocycles. The second kappa shape index (κ2) is 5.36. The molecular formula is C13H13ClN4S. The SMILES string of the molecule is S=c1ncc2c([nH]1)CCN(Cc1ccc(Cl)nc1)C2. The van der Waals surface area contributed by atoms with Crippen LogP contribution in [0.4, 0.5) is 0 Å². The van der Waals surface area contributed by atoms with Crippen molar-refractivity contribution in [1.29, 1.82) is 0 Å². The highest BCUT2D eigenvalue weighted by molar-refractivity contribution is 7.71. The molecule has 6 heteroatoms. The summed E-state index contributed by atoms with van der Waals surface area (Å²) in [5.41, 5.74) is 3.61. The molecule has 0 aliphatic carbocycles. The van der Waals surface area contributed by atoms with Crippen LogP contribution in [0.5, 0.6) is 0 Å². The van der Waals surface area contributed by atoms with Crippen LogP contribution in [-0.2, 0) is 19.5 Å². The van der Waals surface area contributed by atoms with Gasteiger partial charge >= 0.3 is 0 Å². The van der Waals surface area contributed by atoms with Gasteiger partial charge in [-0.3, -0.25) is 4.90 Å². The average molecular weight is 293 g/mol. The molecule has 3 rings (SSSR count). The zero-order chi connectivity index (χ0) is 13.2. The Hall–Kier alpha value is -1.30. The van der Waals surface area contributed by atoms with Crippen LogP contribution in [0.1, 0.15) is 16.8 Å². The second-order valence-electron chi connectivity index (χ2n) is 4.64. The first-order valence-corrected chi connectivity index (χ1v) is 6.89. The molecule has 0 unspecified atom stereocenters. The highest BCUT2D eigenvalue weighted by Gasteiger charge is 2.17. The van der Waals surface area contributed by atoms with Crippen LogP contribution >= 0.6 is 23.8 Å². The van der Waals surface area contributed by atoms with E-state index < -0.39 is 0 Å². The standard InChI is InChI=1S/C13H13ClN4S/c14-12-2-1-9(5-15-12)7-18-4-3-11-10(8-18)6-16-13(19)17-11/h1-2,5-6H,3-4,7-8H2,(H,16,17,19). The monoisotopic (exact) mass is 292 g/mol. The van der Waals surface area contributed by atoms with Crippen molar-refractivity contribution in [1.82, 2.24) is 19.9 Å². The van der Waals surface area contributed by atoms with Gasteiger partial charge in [0.05, 0.1) is 0 Å². The summed E-state index contributed by atoms with van der Waals surface area (Å²) in [4.78, 5) is 13.8. The predicted octanol–water partition coefficient (Wildman–Crippen LogP) is 2.75. The van der Waals surface area contributed by atoms with Gasteiger partial charge in [-0.25, -0.2) is 9.97 Å². The van der Waals surface area contributed by atoms with E-state index in [2.05, 4.69) is 19.9 Å². The maximum Gasteiger partial charge on any atom is 0.196 e. The molecule has 98 valence electrons. The van der Waals surface area contributed by atoms with Crippen molar-refractivity contribution in [2.24, 2.45) is 0 Å². The van der Waals surface area contributed by atoms with Crippen molar-refractivity contribution >= 4 is 23.8 Å². The molecule has 0 aromatic carbocycles. The van der Waals surface area contributed by atoms with Crippen LogP contribution in [0.2, 0.25) is 5.15 Å². The van der Waals surface area contributed by atoms with E-state index in [4.69, 9.17) is 23.8 Å². The number of nitrogens with zero attached hydrogens (tertiary/aromatic N) is 3. The van der Waals surface area contributed by atoms with Crippen molar-refractivity contribution in [2.45, 2.75) is 19.5 Å². The summed E-state index contributed by atoms with van der Waals surface area (Å²) in [5, 5.41) is 0.532. The first-order chi connectivity index (χ1) is 9.20. The molecular weight excluding hydrogens is 280 g/mol. The molecule has 19 heavy (non-hydrogen) atoms. The third-order valence-corrected chi connectivity index (χ3v) is 3.68. The quantitative estimate of drug-likeness (QED) is 0.683. The molecule has 1 aliphatic rings. The summed E-state index contributed by atoms with van der Waals surface area (Å²) < 4.78 is 0.564. The van der Waals surface area contributed by atoms with Crippen LogP contribution < -0.4 is 0 Å².